The van der Waals surface area contributed by atoms with Gasteiger partial charge in [-0.15, -0.1) is 0 Å². The van der Waals surface area contributed by atoms with Gasteiger partial charge >= 0.3 is 0 Å². The van der Waals surface area contributed by atoms with Crippen molar-refractivity contribution in [3.05, 3.63) is 23.4 Å². The van der Waals surface area contributed by atoms with Gasteiger partial charge in [0.2, 0.25) is 5.89 Å². The predicted molar refractivity (Wildman–Crippen MR) is 74.9 cm³/mol. The lowest BCUT2D eigenvalue weighted by Gasteiger charge is -2.11. The summed E-state index contributed by atoms with van der Waals surface area (Å²) in [6.07, 6.45) is 1.99. The van der Waals surface area contributed by atoms with Gasteiger partial charge in [0.15, 0.2) is 0 Å². The molecule has 2 atom stereocenters. The number of aliphatic hydroxyl groups is 1. The molecule has 114 valence electrons. The first-order valence-corrected chi connectivity index (χ1v) is 7.33. The number of rotatable bonds is 5. The Labute approximate surface area is 122 Å². The zero-order valence-electron chi connectivity index (χ0n) is 12.3. The fraction of sp³-hybridized carbons (Fsp3) is 0.643. The minimum Gasteiger partial charge on any atom is -0.391 e. The maximum absolute atomic E-state index is 10.2. The quantitative estimate of drug-likeness (QED) is 0.890. The smallest absolute Gasteiger partial charge is 0.266 e. The molecule has 7 heteroatoms. The molecular weight excluding hydrogens is 272 g/mol. The van der Waals surface area contributed by atoms with Crippen LogP contribution in [0.4, 0.5) is 5.95 Å². The molecule has 0 unspecified atom stereocenters. The highest BCUT2D eigenvalue weighted by Gasteiger charge is 2.34. The third-order valence-corrected chi connectivity index (χ3v) is 3.75. The molecule has 0 aromatic carbocycles. The molecular formula is C14H20N4O3. The van der Waals surface area contributed by atoms with Crippen LogP contribution in [-0.2, 0) is 12.8 Å². The molecule has 2 aromatic rings. The first-order chi connectivity index (χ1) is 10.2. The van der Waals surface area contributed by atoms with Crippen molar-refractivity contribution < 1.29 is 14.2 Å². The predicted octanol–water partition coefficient (Wildman–Crippen LogP) is 1.36. The lowest BCUT2D eigenvalue weighted by molar-refractivity contribution is 0.143. The van der Waals surface area contributed by atoms with E-state index in [1.807, 2.05) is 17.9 Å². The Morgan fingerprint density at radius 2 is 2.19 bits per heavy atom. The van der Waals surface area contributed by atoms with E-state index >= 15 is 0 Å². The Bertz CT molecular complexity index is 595. The van der Waals surface area contributed by atoms with E-state index in [0.717, 1.165) is 24.3 Å². The van der Waals surface area contributed by atoms with Crippen LogP contribution in [0.15, 0.2) is 15.1 Å². The van der Waals surface area contributed by atoms with Gasteiger partial charge in [-0.2, -0.15) is 4.98 Å². The van der Waals surface area contributed by atoms with Crippen LogP contribution in [0.3, 0.4) is 0 Å². The van der Waals surface area contributed by atoms with E-state index in [4.69, 9.17) is 9.05 Å². The molecule has 0 radical (unpaired) electrons. The Morgan fingerprint density at radius 3 is 2.90 bits per heavy atom. The zero-order valence-corrected chi connectivity index (χ0v) is 12.3. The molecule has 3 rings (SSSR count). The monoisotopic (exact) mass is 292 g/mol. The lowest BCUT2D eigenvalue weighted by atomic mass is 10.0. The fourth-order valence-electron chi connectivity index (χ4n) is 2.68. The fourth-order valence-corrected chi connectivity index (χ4v) is 2.68. The van der Waals surface area contributed by atoms with Crippen LogP contribution in [0, 0.1) is 12.8 Å². The second-order valence-electron chi connectivity index (χ2n) is 5.61. The van der Waals surface area contributed by atoms with Crippen molar-refractivity contribution in [3.8, 4) is 0 Å². The molecule has 1 aliphatic rings. The topological polar surface area (TPSA) is 88.4 Å². The number of aliphatic hydroxyl groups excluding tert-OH is 1. The normalized spacial score (nSPS) is 22.1. The maximum atomic E-state index is 10.2. The van der Waals surface area contributed by atoms with Gasteiger partial charge < -0.3 is 19.1 Å². The van der Waals surface area contributed by atoms with Crippen molar-refractivity contribution in [1.82, 2.24) is 15.3 Å². The summed E-state index contributed by atoms with van der Waals surface area (Å²) < 4.78 is 10.4. The average Bonchev–Trinajstić information content (AvgIpc) is 3.13. The first kappa shape index (κ1) is 14.1. The van der Waals surface area contributed by atoms with Crippen molar-refractivity contribution >= 4 is 5.95 Å². The van der Waals surface area contributed by atoms with Crippen LogP contribution in [0.25, 0.3) is 0 Å². The Kier molecular flexibility index (Phi) is 3.92. The zero-order chi connectivity index (χ0) is 14.8. The molecule has 21 heavy (non-hydrogen) atoms. The minimum absolute atomic E-state index is 0.0884. The summed E-state index contributed by atoms with van der Waals surface area (Å²) in [5.41, 5.74) is 0.858. The van der Waals surface area contributed by atoms with Gasteiger partial charge in [0, 0.05) is 37.9 Å². The molecule has 7 nitrogen and oxygen atoms in total. The molecule has 0 spiro atoms. The summed E-state index contributed by atoms with van der Waals surface area (Å²) >= 11 is 0. The van der Waals surface area contributed by atoms with Gasteiger partial charge in [-0.05, 0) is 18.5 Å². The van der Waals surface area contributed by atoms with Crippen LogP contribution < -0.4 is 4.90 Å². The molecule has 1 aliphatic heterocycles. The molecule has 1 saturated heterocycles. The van der Waals surface area contributed by atoms with Crippen molar-refractivity contribution in [2.24, 2.45) is 5.92 Å². The highest BCUT2D eigenvalue weighted by Crippen LogP contribution is 2.25. The second-order valence-corrected chi connectivity index (χ2v) is 5.61. The molecule has 0 aliphatic carbocycles. The Balaban J connectivity index is 1.64. The summed E-state index contributed by atoms with van der Waals surface area (Å²) in [4.78, 5) is 6.32. The molecule has 1 fully saturated rings. The van der Waals surface area contributed by atoms with E-state index in [-0.39, 0.29) is 5.92 Å². The van der Waals surface area contributed by atoms with Crippen molar-refractivity contribution in [2.45, 2.75) is 39.2 Å². The summed E-state index contributed by atoms with van der Waals surface area (Å²) in [5.74, 6) is 2.11. The summed E-state index contributed by atoms with van der Waals surface area (Å²) in [6.45, 7) is 5.16. The molecule has 3 heterocycles. The van der Waals surface area contributed by atoms with E-state index in [2.05, 4.69) is 22.2 Å². The van der Waals surface area contributed by atoms with Gasteiger partial charge in [-0.25, -0.2) is 0 Å². The lowest BCUT2D eigenvalue weighted by Crippen LogP contribution is -2.22. The Morgan fingerprint density at radius 1 is 1.33 bits per heavy atom. The summed E-state index contributed by atoms with van der Waals surface area (Å²) in [5, 5.41) is 18.1. The summed E-state index contributed by atoms with van der Waals surface area (Å²) in [7, 11) is 0. The van der Waals surface area contributed by atoms with E-state index in [1.165, 1.54) is 0 Å². The van der Waals surface area contributed by atoms with E-state index in [1.54, 1.807) is 0 Å². The Hall–Kier alpha value is -1.89. The highest BCUT2D eigenvalue weighted by molar-refractivity contribution is 5.31. The average molecular weight is 292 g/mol. The third kappa shape index (κ3) is 3.07. The van der Waals surface area contributed by atoms with Crippen LogP contribution in [0.2, 0.25) is 0 Å². The number of nitrogens with zero attached hydrogens (tertiary/aromatic N) is 4. The maximum Gasteiger partial charge on any atom is 0.266 e. The van der Waals surface area contributed by atoms with E-state index in [9.17, 15) is 5.11 Å². The van der Waals surface area contributed by atoms with Crippen LogP contribution in [0.1, 0.15) is 30.7 Å². The number of aryl methyl sites for hydroxylation is 2. The van der Waals surface area contributed by atoms with Gasteiger partial charge in [0.05, 0.1) is 11.8 Å². The molecule has 0 amide bonds. The van der Waals surface area contributed by atoms with Crippen LogP contribution in [0.5, 0.6) is 0 Å². The standard InChI is InChI=1S/C14H20N4O3/c1-3-4-13-15-14(17-21-13)18-7-10(12(19)8-18)6-11-5-9(2)16-20-11/h5,10,12,19H,3-4,6-8H2,1-2H3/t10-,12+/m1/s1. The SMILES string of the molecule is CCCc1nc(N2C[C@@H](Cc3cc(C)no3)[C@@H](O)C2)no1. The van der Waals surface area contributed by atoms with E-state index < -0.39 is 6.10 Å². The van der Waals surface area contributed by atoms with Gasteiger partial charge in [0.25, 0.3) is 5.95 Å². The molecule has 1 N–H and O–H groups in total. The first-order valence-electron chi connectivity index (χ1n) is 7.33. The number of hydrogen-bond donors (Lipinski definition) is 1. The summed E-state index contributed by atoms with van der Waals surface area (Å²) in [6, 6.07) is 1.91. The number of β-amino-alcohol motifs (C(OH)–C–C–N with tert-alkyl or cyclic N) is 1. The van der Waals surface area contributed by atoms with Gasteiger partial charge in [-0.3, -0.25) is 0 Å². The van der Waals surface area contributed by atoms with Crippen molar-refractivity contribution in [2.75, 3.05) is 18.0 Å². The van der Waals surface area contributed by atoms with Crippen LogP contribution >= 0.6 is 0 Å². The molecule has 2 aromatic heterocycles. The number of aromatic nitrogens is 3. The van der Waals surface area contributed by atoms with Crippen molar-refractivity contribution in [1.29, 1.82) is 0 Å². The van der Waals surface area contributed by atoms with Crippen LogP contribution in [-0.4, -0.2) is 39.6 Å². The third-order valence-electron chi connectivity index (χ3n) is 3.75. The van der Waals surface area contributed by atoms with Gasteiger partial charge in [0.1, 0.15) is 5.76 Å². The number of hydrogen-bond acceptors (Lipinski definition) is 7. The number of anilines is 1. The highest BCUT2D eigenvalue weighted by atomic mass is 16.5. The minimum atomic E-state index is -0.427. The second kappa shape index (κ2) is 5.85. The van der Waals surface area contributed by atoms with E-state index in [0.29, 0.717) is 31.3 Å². The largest absolute Gasteiger partial charge is 0.391 e. The molecule has 0 saturated carbocycles. The van der Waals surface area contributed by atoms with Crippen molar-refractivity contribution in [3.63, 3.8) is 0 Å². The molecule has 0 bridgehead atoms. The van der Waals surface area contributed by atoms with Gasteiger partial charge in [-0.1, -0.05) is 12.1 Å².